The molecule has 0 bridgehead atoms. The molecule has 2 aromatic heterocycles. The van der Waals surface area contributed by atoms with E-state index in [1.807, 2.05) is 11.3 Å². The van der Waals surface area contributed by atoms with Gasteiger partial charge >= 0.3 is 0 Å². The van der Waals surface area contributed by atoms with Gasteiger partial charge in [0.25, 0.3) is 0 Å². The van der Waals surface area contributed by atoms with Crippen molar-refractivity contribution in [3.05, 3.63) is 44.3 Å². The van der Waals surface area contributed by atoms with Crippen molar-refractivity contribution < 1.29 is 0 Å². The molecule has 0 aliphatic rings. The summed E-state index contributed by atoms with van der Waals surface area (Å²) in [7, 11) is 0. The highest BCUT2D eigenvalue weighted by Crippen LogP contribution is 2.16. The molecular formula is C13H17NS2. The Morgan fingerprint density at radius 3 is 2.81 bits per heavy atom. The fourth-order valence-electron chi connectivity index (χ4n) is 1.65. The Balaban J connectivity index is 1.78. The summed E-state index contributed by atoms with van der Waals surface area (Å²) in [6.45, 7) is 5.40. The number of aryl methyl sites for hydroxylation is 1. The highest BCUT2D eigenvalue weighted by molar-refractivity contribution is 7.11. The van der Waals surface area contributed by atoms with Gasteiger partial charge < -0.3 is 5.32 Å². The van der Waals surface area contributed by atoms with Crippen LogP contribution in [0.4, 0.5) is 0 Å². The van der Waals surface area contributed by atoms with Crippen molar-refractivity contribution in [1.29, 1.82) is 0 Å². The summed E-state index contributed by atoms with van der Waals surface area (Å²) in [6.07, 6.45) is 1.13. The van der Waals surface area contributed by atoms with Gasteiger partial charge in [0.1, 0.15) is 0 Å². The highest BCUT2D eigenvalue weighted by atomic mass is 32.1. The number of nitrogens with one attached hydrogen (secondary N) is 1. The predicted molar refractivity (Wildman–Crippen MR) is 73.4 cm³/mol. The van der Waals surface area contributed by atoms with E-state index in [-0.39, 0.29) is 0 Å². The van der Waals surface area contributed by atoms with E-state index >= 15 is 0 Å². The maximum atomic E-state index is 3.56. The van der Waals surface area contributed by atoms with Crippen LogP contribution in [0.1, 0.15) is 22.2 Å². The highest BCUT2D eigenvalue weighted by Gasteiger charge is 2.05. The molecule has 0 aliphatic heterocycles. The van der Waals surface area contributed by atoms with E-state index in [1.54, 1.807) is 11.3 Å². The molecule has 2 rings (SSSR count). The van der Waals surface area contributed by atoms with Crippen molar-refractivity contribution in [2.75, 3.05) is 0 Å². The van der Waals surface area contributed by atoms with Crippen LogP contribution in [-0.2, 0) is 13.0 Å². The molecule has 0 fully saturated rings. The lowest BCUT2D eigenvalue weighted by Crippen LogP contribution is -2.26. The standard InChI is InChI=1S/C13H17NS2/c1-10(7-13-4-3-11(2)16-13)14-8-12-5-6-15-9-12/h3-6,9-10,14H,7-8H2,1-2H3. The van der Waals surface area contributed by atoms with Crippen LogP contribution in [0.3, 0.4) is 0 Å². The summed E-state index contributed by atoms with van der Waals surface area (Å²) in [5, 5.41) is 7.89. The third-order valence-corrected chi connectivity index (χ3v) is 4.29. The molecule has 2 aromatic rings. The first-order chi connectivity index (χ1) is 7.74. The van der Waals surface area contributed by atoms with E-state index in [4.69, 9.17) is 0 Å². The van der Waals surface area contributed by atoms with Crippen molar-refractivity contribution >= 4 is 22.7 Å². The van der Waals surface area contributed by atoms with Crippen LogP contribution in [0.15, 0.2) is 29.0 Å². The first-order valence-electron chi connectivity index (χ1n) is 5.54. The molecule has 0 aromatic carbocycles. The number of rotatable bonds is 5. The Bertz CT molecular complexity index is 417. The molecule has 0 amide bonds. The van der Waals surface area contributed by atoms with Gasteiger partial charge in [0.2, 0.25) is 0 Å². The Kier molecular flexibility index (Phi) is 4.16. The zero-order valence-corrected chi connectivity index (χ0v) is 11.3. The largest absolute Gasteiger partial charge is 0.310 e. The molecule has 1 unspecified atom stereocenters. The summed E-state index contributed by atoms with van der Waals surface area (Å²) in [5.74, 6) is 0. The lowest BCUT2D eigenvalue weighted by Gasteiger charge is -2.11. The first kappa shape index (κ1) is 11.8. The SMILES string of the molecule is Cc1ccc(CC(C)NCc2ccsc2)s1. The molecule has 0 aliphatic carbocycles. The van der Waals surface area contributed by atoms with Crippen LogP contribution in [0.25, 0.3) is 0 Å². The molecule has 0 radical (unpaired) electrons. The minimum Gasteiger partial charge on any atom is -0.310 e. The quantitative estimate of drug-likeness (QED) is 0.851. The second-order valence-corrected chi connectivity index (χ2v) is 6.28. The lowest BCUT2D eigenvalue weighted by atomic mass is 10.2. The molecule has 86 valence electrons. The topological polar surface area (TPSA) is 12.0 Å². The summed E-state index contributed by atoms with van der Waals surface area (Å²) >= 11 is 3.66. The van der Waals surface area contributed by atoms with Crippen molar-refractivity contribution in [3.63, 3.8) is 0 Å². The lowest BCUT2D eigenvalue weighted by molar-refractivity contribution is 0.549. The van der Waals surface area contributed by atoms with Crippen LogP contribution in [0, 0.1) is 6.92 Å². The zero-order chi connectivity index (χ0) is 11.4. The molecule has 0 saturated heterocycles. The van der Waals surface area contributed by atoms with Gasteiger partial charge in [-0.3, -0.25) is 0 Å². The van der Waals surface area contributed by atoms with Gasteiger partial charge in [-0.15, -0.1) is 11.3 Å². The molecule has 16 heavy (non-hydrogen) atoms. The van der Waals surface area contributed by atoms with Gasteiger partial charge in [0.15, 0.2) is 0 Å². The van der Waals surface area contributed by atoms with E-state index in [9.17, 15) is 0 Å². The van der Waals surface area contributed by atoms with E-state index < -0.39 is 0 Å². The molecule has 3 heteroatoms. The minimum atomic E-state index is 0.540. The number of hydrogen-bond donors (Lipinski definition) is 1. The van der Waals surface area contributed by atoms with Crippen molar-refractivity contribution in [2.45, 2.75) is 32.9 Å². The third-order valence-electron chi connectivity index (χ3n) is 2.54. The maximum absolute atomic E-state index is 3.56. The van der Waals surface area contributed by atoms with Gasteiger partial charge in [-0.25, -0.2) is 0 Å². The summed E-state index contributed by atoms with van der Waals surface area (Å²) < 4.78 is 0. The molecule has 2 heterocycles. The third kappa shape index (κ3) is 3.44. The molecule has 1 atom stereocenters. The van der Waals surface area contributed by atoms with E-state index in [0.717, 1.165) is 13.0 Å². The van der Waals surface area contributed by atoms with Crippen molar-refractivity contribution in [1.82, 2.24) is 5.32 Å². The van der Waals surface area contributed by atoms with Gasteiger partial charge in [-0.1, -0.05) is 0 Å². The maximum Gasteiger partial charge on any atom is 0.0216 e. The monoisotopic (exact) mass is 251 g/mol. The first-order valence-corrected chi connectivity index (χ1v) is 7.30. The summed E-state index contributed by atoms with van der Waals surface area (Å²) in [4.78, 5) is 2.88. The van der Waals surface area contributed by atoms with E-state index in [1.165, 1.54) is 15.3 Å². The fourth-order valence-corrected chi connectivity index (χ4v) is 3.34. The predicted octanol–water partition coefficient (Wildman–Crippen LogP) is 3.84. The molecule has 0 spiro atoms. The summed E-state index contributed by atoms with van der Waals surface area (Å²) in [6, 6.07) is 7.16. The van der Waals surface area contributed by atoms with Crippen LogP contribution < -0.4 is 5.32 Å². The Hall–Kier alpha value is -0.640. The average Bonchev–Trinajstić information content (AvgIpc) is 2.87. The van der Waals surface area contributed by atoms with Gasteiger partial charge in [0.05, 0.1) is 0 Å². The Labute approximate surface area is 105 Å². The second-order valence-electron chi connectivity index (χ2n) is 4.13. The molecule has 0 saturated carbocycles. The second kappa shape index (κ2) is 5.62. The number of hydrogen-bond acceptors (Lipinski definition) is 3. The van der Waals surface area contributed by atoms with Crippen molar-refractivity contribution in [2.24, 2.45) is 0 Å². The van der Waals surface area contributed by atoms with Crippen LogP contribution in [0.2, 0.25) is 0 Å². The number of thiophene rings is 2. The smallest absolute Gasteiger partial charge is 0.0216 e. The minimum absolute atomic E-state index is 0.540. The zero-order valence-electron chi connectivity index (χ0n) is 9.69. The van der Waals surface area contributed by atoms with Gasteiger partial charge in [0, 0.05) is 22.3 Å². The molecule has 1 N–H and O–H groups in total. The van der Waals surface area contributed by atoms with Crippen LogP contribution in [0.5, 0.6) is 0 Å². The van der Waals surface area contributed by atoms with E-state index in [2.05, 4.69) is 48.1 Å². The average molecular weight is 251 g/mol. The van der Waals surface area contributed by atoms with Crippen LogP contribution in [-0.4, -0.2) is 6.04 Å². The Morgan fingerprint density at radius 1 is 1.31 bits per heavy atom. The normalized spacial score (nSPS) is 12.9. The Morgan fingerprint density at radius 2 is 2.19 bits per heavy atom. The van der Waals surface area contributed by atoms with Gasteiger partial charge in [-0.05, 0) is 54.8 Å². The van der Waals surface area contributed by atoms with E-state index in [0.29, 0.717) is 6.04 Å². The van der Waals surface area contributed by atoms with Crippen LogP contribution >= 0.6 is 22.7 Å². The summed E-state index contributed by atoms with van der Waals surface area (Å²) in [5.41, 5.74) is 1.39. The van der Waals surface area contributed by atoms with Crippen molar-refractivity contribution in [3.8, 4) is 0 Å². The molecular weight excluding hydrogens is 234 g/mol. The van der Waals surface area contributed by atoms with Gasteiger partial charge in [-0.2, -0.15) is 11.3 Å². The fraction of sp³-hybridized carbons (Fsp3) is 0.385. The molecule has 1 nitrogen and oxygen atoms in total.